The molecule has 0 saturated carbocycles. The minimum Gasteiger partial charge on any atom is -0.330 e. The van der Waals surface area contributed by atoms with E-state index in [1.54, 1.807) is 0 Å². The second-order valence-electron chi connectivity index (χ2n) is 4.08. The molecule has 0 aliphatic carbocycles. The van der Waals surface area contributed by atoms with Crippen molar-refractivity contribution >= 4 is 11.6 Å². The van der Waals surface area contributed by atoms with Gasteiger partial charge in [0, 0.05) is 5.02 Å². The highest BCUT2D eigenvalue weighted by Gasteiger charge is 2.09. The summed E-state index contributed by atoms with van der Waals surface area (Å²) >= 11 is 5.85. The second kappa shape index (κ2) is 6.11. The van der Waals surface area contributed by atoms with Crippen LogP contribution in [0.2, 0.25) is 5.02 Å². The minimum absolute atomic E-state index is 0.435. The van der Waals surface area contributed by atoms with E-state index in [2.05, 4.69) is 31.1 Å². The topological polar surface area (TPSA) is 29.3 Å². The summed E-state index contributed by atoms with van der Waals surface area (Å²) in [5.41, 5.74) is 7.06. The van der Waals surface area contributed by atoms with Crippen molar-refractivity contribution in [3.05, 3.63) is 34.9 Å². The van der Waals surface area contributed by atoms with Gasteiger partial charge in [-0.3, -0.25) is 0 Å². The summed E-state index contributed by atoms with van der Waals surface area (Å²) in [5.74, 6) is 0.435. The normalized spacial score (nSPS) is 13.1. The van der Waals surface area contributed by atoms with Gasteiger partial charge in [0.05, 0.1) is 0 Å². The van der Waals surface area contributed by atoms with Crippen LogP contribution < -0.4 is 5.73 Å². The highest BCUT2D eigenvalue weighted by atomic mass is 35.5. The van der Waals surface area contributed by atoms with Gasteiger partial charge >= 0.3 is 0 Å². The van der Waals surface area contributed by atoms with Gasteiger partial charge in [-0.25, -0.2) is 0 Å². The lowest BCUT2D eigenvalue weighted by Crippen LogP contribution is -2.20. The summed E-state index contributed by atoms with van der Waals surface area (Å²) in [6, 6.07) is 7.98. The van der Waals surface area contributed by atoms with Gasteiger partial charge in [0.1, 0.15) is 0 Å². The first-order valence-electron chi connectivity index (χ1n) is 5.23. The predicted molar refractivity (Wildman–Crippen MR) is 66.4 cm³/mol. The van der Waals surface area contributed by atoms with Crippen molar-refractivity contribution in [3.8, 4) is 0 Å². The fourth-order valence-corrected chi connectivity index (χ4v) is 1.70. The lowest BCUT2D eigenvalue weighted by Gasteiger charge is -2.18. The number of hydrogen-bond acceptors (Lipinski definition) is 2. The Balaban J connectivity index is 2.61. The van der Waals surface area contributed by atoms with E-state index in [0.717, 1.165) is 18.0 Å². The molecule has 0 aromatic heterocycles. The molecule has 1 rings (SSSR count). The first-order valence-corrected chi connectivity index (χ1v) is 5.61. The summed E-state index contributed by atoms with van der Waals surface area (Å²) in [6.07, 6.45) is 1.09. The van der Waals surface area contributed by atoms with Gasteiger partial charge in [-0.05, 0) is 57.2 Å². The molecule has 0 heterocycles. The van der Waals surface area contributed by atoms with Crippen LogP contribution in [-0.4, -0.2) is 32.1 Å². The summed E-state index contributed by atoms with van der Waals surface area (Å²) in [4.78, 5) is 2.18. The van der Waals surface area contributed by atoms with E-state index in [0.29, 0.717) is 12.5 Å². The zero-order valence-corrected chi connectivity index (χ0v) is 10.2. The molecule has 0 aliphatic heterocycles. The number of nitrogens with zero attached hydrogens (tertiary/aromatic N) is 1. The number of rotatable bonds is 5. The molecule has 84 valence electrons. The Labute approximate surface area is 97.0 Å². The number of nitrogens with two attached hydrogens (primary N) is 1. The van der Waals surface area contributed by atoms with Gasteiger partial charge in [0.15, 0.2) is 0 Å². The Morgan fingerprint density at radius 3 is 2.33 bits per heavy atom. The van der Waals surface area contributed by atoms with Crippen molar-refractivity contribution in [2.24, 2.45) is 5.73 Å². The van der Waals surface area contributed by atoms with E-state index in [1.807, 2.05) is 12.1 Å². The third kappa shape index (κ3) is 4.20. The Morgan fingerprint density at radius 2 is 1.87 bits per heavy atom. The highest BCUT2D eigenvalue weighted by molar-refractivity contribution is 6.30. The highest BCUT2D eigenvalue weighted by Crippen LogP contribution is 2.20. The number of benzene rings is 1. The standard InChI is InChI=1S/C12H19ClN2/c1-15(2)8-7-11(9-14)10-3-5-12(13)6-4-10/h3-6,11H,7-9,14H2,1-2H3/t11-/m1/s1. The maximum Gasteiger partial charge on any atom is 0.0406 e. The average molecular weight is 227 g/mol. The van der Waals surface area contributed by atoms with Crippen molar-refractivity contribution in [1.29, 1.82) is 0 Å². The molecule has 2 N–H and O–H groups in total. The van der Waals surface area contributed by atoms with Crippen molar-refractivity contribution in [1.82, 2.24) is 4.90 Å². The van der Waals surface area contributed by atoms with Crippen LogP contribution in [0.15, 0.2) is 24.3 Å². The molecule has 1 aromatic rings. The average Bonchev–Trinajstić information content (AvgIpc) is 2.21. The fourth-order valence-electron chi connectivity index (χ4n) is 1.57. The van der Waals surface area contributed by atoms with E-state index in [1.165, 1.54) is 5.56 Å². The molecule has 0 unspecified atom stereocenters. The molecule has 0 amide bonds. The summed E-state index contributed by atoms with van der Waals surface area (Å²) < 4.78 is 0. The van der Waals surface area contributed by atoms with Crippen LogP contribution in [0, 0.1) is 0 Å². The SMILES string of the molecule is CN(C)CC[C@H](CN)c1ccc(Cl)cc1. The Morgan fingerprint density at radius 1 is 1.27 bits per heavy atom. The Kier molecular flexibility index (Phi) is 5.09. The number of hydrogen-bond donors (Lipinski definition) is 1. The predicted octanol–water partition coefficient (Wildman–Crippen LogP) is 2.33. The van der Waals surface area contributed by atoms with Crippen LogP contribution in [0.3, 0.4) is 0 Å². The molecule has 0 spiro atoms. The summed E-state index contributed by atoms with van der Waals surface area (Å²) in [6.45, 7) is 1.75. The molecule has 15 heavy (non-hydrogen) atoms. The summed E-state index contributed by atoms with van der Waals surface area (Å²) in [7, 11) is 4.16. The van der Waals surface area contributed by atoms with Gasteiger partial charge in [-0.2, -0.15) is 0 Å². The van der Waals surface area contributed by atoms with E-state index in [-0.39, 0.29) is 0 Å². The van der Waals surface area contributed by atoms with E-state index in [4.69, 9.17) is 17.3 Å². The smallest absolute Gasteiger partial charge is 0.0406 e. The van der Waals surface area contributed by atoms with Crippen LogP contribution in [0.25, 0.3) is 0 Å². The second-order valence-corrected chi connectivity index (χ2v) is 4.51. The van der Waals surface area contributed by atoms with Crippen molar-refractivity contribution in [3.63, 3.8) is 0 Å². The van der Waals surface area contributed by atoms with Crippen molar-refractivity contribution < 1.29 is 0 Å². The van der Waals surface area contributed by atoms with Crippen LogP contribution >= 0.6 is 11.6 Å². The van der Waals surface area contributed by atoms with Crippen molar-refractivity contribution in [2.75, 3.05) is 27.2 Å². The molecule has 0 fully saturated rings. The Hall–Kier alpha value is -0.570. The largest absolute Gasteiger partial charge is 0.330 e. The third-order valence-electron chi connectivity index (χ3n) is 2.55. The quantitative estimate of drug-likeness (QED) is 0.835. The minimum atomic E-state index is 0.435. The molecule has 1 aromatic carbocycles. The van der Waals surface area contributed by atoms with Gasteiger partial charge < -0.3 is 10.6 Å². The van der Waals surface area contributed by atoms with E-state index in [9.17, 15) is 0 Å². The van der Waals surface area contributed by atoms with Crippen LogP contribution in [0.1, 0.15) is 17.9 Å². The van der Waals surface area contributed by atoms with Gasteiger partial charge in [-0.1, -0.05) is 23.7 Å². The van der Waals surface area contributed by atoms with E-state index >= 15 is 0 Å². The third-order valence-corrected chi connectivity index (χ3v) is 2.80. The number of halogens is 1. The van der Waals surface area contributed by atoms with Crippen LogP contribution in [0.4, 0.5) is 0 Å². The lowest BCUT2D eigenvalue weighted by atomic mass is 9.96. The first kappa shape index (κ1) is 12.5. The van der Waals surface area contributed by atoms with Gasteiger partial charge in [0.25, 0.3) is 0 Å². The van der Waals surface area contributed by atoms with Crippen LogP contribution in [0.5, 0.6) is 0 Å². The molecule has 3 heteroatoms. The van der Waals surface area contributed by atoms with E-state index < -0.39 is 0 Å². The molecule has 0 aliphatic rings. The Bertz CT molecular complexity index is 282. The molecule has 2 nitrogen and oxygen atoms in total. The fraction of sp³-hybridized carbons (Fsp3) is 0.500. The molecular weight excluding hydrogens is 208 g/mol. The zero-order chi connectivity index (χ0) is 11.3. The molecule has 1 atom stereocenters. The van der Waals surface area contributed by atoms with Gasteiger partial charge in [-0.15, -0.1) is 0 Å². The molecule has 0 radical (unpaired) electrons. The first-order chi connectivity index (χ1) is 7.13. The molecule has 0 saturated heterocycles. The lowest BCUT2D eigenvalue weighted by molar-refractivity contribution is 0.382. The van der Waals surface area contributed by atoms with Crippen molar-refractivity contribution in [2.45, 2.75) is 12.3 Å². The summed E-state index contributed by atoms with van der Waals surface area (Å²) in [5, 5.41) is 0.780. The maximum absolute atomic E-state index is 5.85. The molecular formula is C12H19ClN2. The monoisotopic (exact) mass is 226 g/mol. The van der Waals surface area contributed by atoms with Crippen LogP contribution in [-0.2, 0) is 0 Å². The maximum atomic E-state index is 5.85. The van der Waals surface area contributed by atoms with Gasteiger partial charge in [0.2, 0.25) is 0 Å². The zero-order valence-electron chi connectivity index (χ0n) is 9.41. The molecule has 0 bridgehead atoms.